The summed E-state index contributed by atoms with van der Waals surface area (Å²) in [5.41, 5.74) is 8.65. The molecular weight excluding hydrogens is 162 g/mol. The zero-order valence-electron chi connectivity index (χ0n) is 7.49. The van der Waals surface area contributed by atoms with Crippen LogP contribution in [-0.4, -0.2) is 9.97 Å². The first-order chi connectivity index (χ1) is 6.33. The van der Waals surface area contributed by atoms with Crippen LogP contribution in [0.4, 0.5) is 0 Å². The predicted molar refractivity (Wildman–Crippen MR) is 52.2 cm³/mol. The third kappa shape index (κ3) is 1.27. The number of rotatable bonds is 1. The molecule has 2 N–H and O–H groups in total. The number of aromatic nitrogens is 2. The molecule has 3 nitrogen and oxygen atoms in total. The van der Waals surface area contributed by atoms with Gasteiger partial charge < -0.3 is 5.73 Å². The smallest absolute Gasteiger partial charge is 0.116 e. The first-order valence-corrected chi connectivity index (χ1v) is 4.22. The number of nitrogens with zero attached hydrogens (tertiary/aromatic N) is 2. The van der Waals surface area contributed by atoms with Crippen molar-refractivity contribution in [3.8, 4) is 0 Å². The van der Waals surface area contributed by atoms with Crippen LogP contribution in [0.5, 0.6) is 0 Å². The summed E-state index contributed by atoms with van der Waals surface area (Å²) < 4.78 is 0. The first-order valence-electron chi connectivity index (χ1n) is 4.22. The lowest BCUT2D eigenvalue weighted by atomic mass is 10.1. The number of nitrogens with two attached hydrogens (primary N) is 1. The molecule has 2 aromatic rings. The quantitative estimate of drug-likeness (QED) is 0.709. The highest BCUT2D eigenvalue weighted by atomic mass is 14.8. The highest BCUT2D eigenvalue weighted by Gasteiger charge is 2.02. The van der Waals surface area contributed by atoms with E-state index in [0.717, 1.165) is 22.2 Å². The maximum Gasteiger partial charge on any atom is 0.116 e. The number of aryl methyl sites for hydroxylation is 1. The highest BCUT2D eigenvalue weighted by Crippen LogP contribution is 2.17. The van der Waals surface area contributed by atoms with Crippen LogP contribution < -0.4 is 5.73 Å². The van der Waals surface area contributed by atoms with Gasteiger partial charge in [0.05, 0.1) is 11.2 Å². The molecule has 0 spiro atoms. The Bertz CT molecular complexity index is 437. The number of fused-ring (bicyclic) bond motifs is 1. The molecule has 1 heterocycles. The summed E-state index contributed by atoms with van der Waals surface area (Å²) in [5.74, 6) is 0. The SMILES string of the molecule is Cc1cccc2c(CN)ncnc12. The molecule has 1 aromatic carbocycles. The summed E-state index contributed by atoms with van der Waals surface area (Å²) in [6, 6.07) is 6.04. The summed E-state index contributed by atoms with van der Waals surface area (Å²) >= 11 is 0. The number of benzene rings is 1. The van der Waals surface area contributed by atoms with E-state index < -0.39 is 0 Å². The van der Waals surface area contributed by atoms with Gasteiger partial charge in [0, 0.05) is 11.9 Å². The molecular formula is C10H11N3. The second-order valence-electron chi connectivity index (χ2n) is 3.00. The summed E-state index contributed by atoms with van der Waals surface area (Å²) in [7, 11) is 0. The molecule has 0 aliphatic carbocycles. The lowest BCUT2D eigenvalue weighted by Crippen LogP contribution is -2.01. The molecule has 1 aromatic heterocycles. The van der Waals surface area contributed by atoms with Crippen molar-refractivity contribution in [3.05, 3.63) is 35.8 Å². The normalized spacial score (nSPS) is 10.6. The molecule has 0 saturated heterocycles. The van der Waals surface area contributed by atoms with Gasteiger partial charge in [-0.3, -0.25) is 0 Å². The monoisotopic (exact) mass is 173 g/mol. The Morgan fingerprint density at radius 3 is 2.92 bits per heavy atom. The molecule has 66 valence electrons. The van der Waals surface area contributed by atoms with Gasteiger partial charge in [0.1, 0.15) is 6.33 Å². The summed E-state index contributed by atoms with van der Waals surface area (Å²) in [4.78, 5) is 8.35. The van der Waals surface area contributed by atoms with E-state index >= 15 is 0 Å². The summed E-state index contributed by atoms with van der Waals surface area (Å²) in [6.45, 7) is 2.50. The Hall–Kier alpha value is -1.48. The average molecular weight is 173 g/mol. The van der Waals surface area contributed by atoms with Crippen molar-refractivity contribution >= 4 is 10.9 Å². The van der Waals surface area contributed by atoms with Crippen LogP contribution in [0.3, 0.4) is 0 Å². The van der Waals surface area contributed by atoms with E-state index in [1.54, 1.807) is 6.33 Å². The van der Waals surface area contributed by atoms with E-state index in [1.807, 2.05) is 25.1 Å². The minimum atomic E-state index is 0.461. The number of para-hydroxylation sites is 1. The zero-order chi connectivity index (χ0) is 9.26. The van der Waals surface area contributed by atoms with Crippen molar-refractivity contribution in [2.24, 2.45) is 5.73 Å². The Labute approximate surface area is 76.6 Å². The minimum absolute atomic E-state index is 0.461. The predicted octanol–water partition coefficient (Wildman–Crippen LogP) is 1.40. The molecule has 0 aliphatic rings. The Kier molecular flexibility index (Phi) is 1.94. The van der Waals surface area contributed by atoms with Gasteiger partial charge in [-0.05, 0) is 12.5 Å². The van der Waals surface area contributed by atoms with E-state index in [1.165, 1.54) is 0 Å². The molecule has 13 heavy (non-hydrogen) atoms. The Balaban J connectivity index is 2.84. The fraction of sp³-hybridized carbons (Fsp3) is 0.200. The minimum Gasteiger partial charge on any atom is -0.325 e. The van der Waals surface area contributed by atoms with Crippen LogP contribution in [0.1, 0.15) is 11.3 Å². The van der Waals surface area contributed by atoms with Crippen molar-refractivity contribution < 1.29 is 0 Å². The fourth-order valence-corrected chi connectivity index (χ4v) is 1.45. The fourth-order valence-electron chi connectivity index (χ4n) is 1.45. The Morgan fingerprint density at radius 1 is 1.31 bits per heavy atom. The standard InChI is InChI=1S/C10H11N3/c1-7-3-2-4-8-9(5-11)12-6-13-10(7)8/h2-4,6H,5,11H2,1H3. The molecule has 0 fully saturated rings. The van der Waals surface area contributed by atoms with Gasteiger partial charge in [0.25, 0.3) is 0 Å². The molecule has 0 saturated carbocycles. The molecule has 0 atom stereocenters. The summed E-state index contributed by atoms with van der Waals surface area (Å²) in [6.07, 6.45) is 1.57. The number of hydrogen-bond donors (Lipinski definition) is 1. The molecule has 0 aliphatic heterocycles. The zero-order valence-corrected chi connectivity index (χ0v) is 7.49. The molecule has 0 unspecified atom stereocenters. The number of hydrogen-bond acceptors (Lipinski definition) is 3. The van der Waals surface area contributed by atoms with E-state index in [9.17, 15) is 0 Å². The van der Waals surface area contributed by atoms with Crippen LogP contribution in [0.25, 0.3) is 10.9 Å². The van der Waals surface area contributed by atoms with Crippen LogP contribution in [-0.2, 0) is 6.54 Å². The van der Waals surface area contributed by atoms with Crippen molar-refractivity contribution in [2.45, 2.75) is 13.5 Å². The molecule has 3 heteroatoms. The lowest BCUT2D eigenvalue weighted by Gasteiger charge is -2.03. The average Bonchev–Trinajstić information content (AvgIpc) is 2.18. The van der Waals surface area contributed by atoms with Crippen LogP contribution in [0.2, 0.25) is 0 Å². The van der Waals surface area contributed by atoms with E-state index in [2.05, 4.69) is 9.97 Å². The Morgan fingerprint density at radius 2 is 2.15 bits per heavy atom. The molecule has 0 bridgehead atoms. The van der Waals surface area contributed by atoms with Gasteiger partial charge in [0.2, 0.25) is 0 Å². The van der Waals surface area contributed by atoms with Gasteiger partial charge in [-0.25, -0.2) is 9.97 Å². The largest absolute Gasteiger partial charge is 0.325 e. The second-order valence-corrected chi connectivity index (χ2v) is 3.00. The molecule has 2 rings (SSSR count). The first kappa shape index (κ1) is 8.13. The van der Waals surface area contributed by atoms with Gasteiger partial charge in [0.15, 0.2) is 0 Å². The highest BCUT2D eigenvalue weighted by molar-refractivity contribution is 5.83. The topological polar surface area (TPSA) is 51.8 Å². The second kappa shape index (κ2) is 3.11. The van der Waals surface area contributed by atoms with Crippen molar-refractivity contribution in [2.75, 3.05) is 0 Å². The van der Waals surface area contributed by atoms with E-state index in [-0.39, 0.29) is 0 Å². The van der Waals surface area contributed by atoms with Gasteiger partial charge in [-0.1, -0.05) is 18.2 Å². The maximum atomic E-state index is 5.58. The van der Waals surface area contributed by atoms with Crippen LogP contribution in [0, 0.1) is 6.92 Å². The van der Waals surface area contributed by atoms with E-state index in [0.29, 0.717) is 6.54 Å². The lowest BCUT2D eigenvalue weighted by molar-refractivity contribution is 0.989. The van der Waals surface area contributed by atoms with Gasteiger partial charge in [-0.15, -0.1) is 0 Å². The van der Waals surface area contributed by atoms with E-state index in [4.69, 9.17) is 5.73 Å². The van der Waals surface area contributed by atoms with Crippen molar-refractivity contribution in [3.63, 3.8) is 0 Å². The third-order valence-electron chi connectivity index (χ3n) is 2.14. The summed E-state index contributed by atoms with van der Waals surface area (Å²) in [5, 5.41) is 1.06. The van der Waals surface area contributed by atoms with Gasteiger partial charge >= 0.3 is 0 Å². The van der Waals surface area contributed by atoms with Crippen LogP contribution in [0.15, 0.2) is 24.5 Å². The molecule has 0 amide bonds. The maximum absolute atomic E-state index is 5.58. The third-order valence-corrected chi connectivity index (χ3v) is 2.14. The van der Waals surface area contributed by atoms with Crippen molar-refractivity contribution in [1.82, 2.24) is 9.97 Å². The van der Waals surface area contributed by atoms with Crippen LogP contribution >= 0.6 is 0 Å². The van der Waals surface area contributed by atoms with Crippen molar-refractivity contribution in [1.29, 1.82) is 0 Å². The van der Waals surface area contributed by atoms with Gasteiger partial charge in [-0.2, -0.15) is 0 Å². The molecule has 0 radical (unpaired) electrons.